The average molecular weight is 191 g/mol. The zero-order valence-corrected chi connectivity index (χ0v) is 7.17. The van der Waals surface area contributed by atoms with Gasteiger partial charge in [-0.05, 0) is 6.07 Å². The van der Waals surface area contributed by atoms with Crippen molar-refractivity contribution in [1.82, 2.24) is 0 Å². The predicted octanol–water partition coefficient (Wildman–Crippen LogP) is 1.40. The molecule has 0 aromatic heterocycles. The Morgan fingerprint density at radius 3 is 2.71 bits per heavy atom. The van der Waals surface area contributed by atoms with Gasteiger partial charge in [0.2, 0.25) is 13.7 Å². The monoisotopic (exact) mass is 191 g/mol. The molecule has 0 amide bonds. The fraction of sp³-hybridized carbons (Fsp3) is 0.125. The van der Waals surface area contributed by atoms with Crippen LogP contribution >= 0.6 is 0 Å². The third-order valence-electron chi connectivity index (χ3n) is 1.56. The highest BCUT2D eigenvalue weighted by Crippen LogP contribution is 2.18. The molecule has 1 aromatic rings. The number of carbonyl (C=O) groups excluding carboxylic acids is 1. The molecule has 6 heteroatoms. The lowest BCUT2D eigenvalue weighted by atomic mass is 10.1. The van der Waals surface area contributed by atoms with Gasteiger partial charge in [0.05, 0.1) is 10.5 Å². The number of hydrogen-bond acceptors (Lipinski definition) is 4. The van der Waals surface area contributed by atoms with E-state index in [4.69, 9.17) is 7.85 Å². The topological polar surface area (TPSA) is 69.4 Å². The van der Waals surface area contributed by atoms with Crippen LogP contribution in [0.1, 0.15) is 5.56 Å². The lowest BCUT2D eigenvalue weighted by molar-refractivity contribution is -0.385. The second kappa shape index (κ2) is 4.41. The first-order valence-electron chi connectivity index (χ1n) is 3.76. The van der Waals surface area contributed by atoms with Gasteiger partial charge in [0.1, 0.15) is 6.61 Å². The quantitative estimate of drug-likeness (QED) is 0.411. The molecule has 0 bridgehead atoms. The molecule has 1 rings (SSSR count). The zero-order chi connectivity index (χ0) is 10.6. The Bertz CT molecular complexity index is 366. The number of benzene rings is 1. The van der Waals surface area contributed by atoms with Crippen molar-refractivity contribution in [3.8, 4) is 0 Å². The smallest absolute Gasteiger partial charge is 0.276 e. The number of para-hydroxylation sites is 1. The largest absolute Gasteiger partial charge is 0.470 e. The number of nitrogens with zero attached hydrogens (tertiary/aromatic N) is 1. The Morgan fingerprint density at radius 2 is 2.14 bits per heavy atom. The number of nitro groups is 1. The highest BCUT2D eigenvalue weighted by molar-refractivity contribution is 6.55. The van der Waals surface area contributed by atoms with Crippen molar-refractivity contribution in [2.45, 2.75) is 6.61 Å². The van der Waals surface area contributed by atoms with E-state index in [1.807, 2.05) is 0 Å². The first kappa shape index (κ1) is 10.2. The standard InChI is InChI=1S/C8H6BNO4/c9-8(11)14-5-6-3-1-2-4-7(6)10(12)13/h1-4H,5H2. The van der Waals surface area contributed by atoms with Gasteiger partial charge in [-0.1, -0.05) is 12.1 Å². The van der Waals surface area contributed by atoms with Crippen LogP contribution in [-0.2, 0) is 11.3 Å². The molecule has 5 nitrogen and oxygen atoms in total. The molecule has 0 saturated carbocycles. The van der Waals surface area contributed by atoms with E-state index in [0.717, 1.165) is 0 Å². The summed E-state index contributed by atoms with van der Waals surface area (Å²) in [6, 6.07) is 5.99. The maximum absolute atomic E-state index is 10.5. The number of ether oxygens (including phenoxy) is 1. The van der Waals surface area contributed by atoms with Gasteiger partial charge in [0.25, 0.3) is 5.69 Å². The summed E-state index contributed by atoms with van der Waals surface area (Å²) in [5.41, 5.74) is 0.227. The molecule has 0 heterocycles. The molecule has 0 atom stereocenters. The Balaban J connectivity index is 2.84. The van der Waals surface area contributed by atoms with Gasteiger partial charge < -0.3 is 4.74 Å². The number of nitro benzene ring substituents is 1. The summed E-state index contributed by atoms with van der Waals surface area (Å²) in [6.07, 6.45) is 0. The normalized spacial score (nSPS) is 9.43. The van der Waals surface area contributed by atoms with E-state index in [0.29, 0.717) is 5.56 Å². The fourth-order valence-electron chi connectivity index (χ4n) is 0.960. The second-order valence-electron chi connectivity index (χ2n) is 2.49. The highest BCUT2D eigenvalue weighted by Gasteiger charge is 2.12. The van der Waals surface area contributed by atoms with Crippen LogP contribution in [0.5, 0.6) is 0 Å². The summed E-state index contributed by atoms with van der Waals surface area (Å²) in [7, 11) is 4.74. The average Bonchev–Trinajstić information content (AvgIpc) is 2.15. The molecule has 14 heavy (non-hydrogen) atoms. The third-order valence-corrected chi connectivity index (χ3v) is 1.56. The molecule has 0 aliphatic heterocycles. The minimum absolute atomic E-state index is 0.0891. The van der Waals surface area contributed by atoms with Crippen LogP contribution in [0.25, 0.3) is 0 Å². The summed E-state index contributed by atoms with van der Waals surface area (Å²) in [5.74, 6) is -0.955. The third kappa shape index (κ3) is 2.58. The number of rotatable bonds is 3. The summed E-state index contributed by atoms with van der Waals surface area (Å²) in [6.45, 7) is -0.188. The van der Waals surface area contributed by atoms with E-state index in [1.165, 1.54) is 18.2 Å². The van der Waals surface area contributed by atoms with Gasteiger partial charge in [-0.25, -0.2) is 0 Å². The van der Waals surface area contributed by atoms with Crippen molar-refractivity contribution in [2.24, 2.45) is 0 Å². The fourth-order valence-corrected chi connectivity index (χ4v) is 0.960. The SMILES string of the molecule is [B]C(=O)OCc1ccccc1[N+](=O)[O-]. The van der Waals surface area contributed by atoms with Crippen molar-refractivity contribution in [3.63, 3.8) is 0 Å². The van der Waals surface area contributed by atoms with Gasteiger partial charge in [-0.15, -0.1) is 0 Å². The molecule has 0 aliphatic rings. The Labute approximate surface area is 81.2 Å². The van der Waals surface area contributed by atoms with Gasteiger partial charge in [-0.3, -0.25) is 14.9 Å². The van der Waals surface area contributed by atoms with Crippen LogP contribution in [0.3, 0.4) is 0 Å². The van der Waals surface area contributed by atoms with Crippen LogP contribution in [0, 0.1) is 10.1 Å². The first-order valence-corrected chi connectivity index (χ1v) is 3.76. The van der Waals surface area contributed by atoms with E-state index in [2.05, 4.69) is 4.74 Å². The first-order chi connectivity index (χ1) is 6.61. The van der Waals surface area contributed by atoms with E-state index >= 15 is 0 Å². The molecular formula is C8H6BNO4. The van der Waals surface area contributed by atoms with Crippen molar-refractivity contribution < 1.29 is 14.5 Å². The maximum Gasteiger partial charge on any atom is 0.276 e. The van der Waals surface area contributed by atoms with Crippen LogP contribution in [0.2, 0.25) is 0 Å². The molecule has 1 aromatic carbocycles. The maximum atomic E-state index is 10.5. The zero-order valence-electron chi connectivity index (χ0n) is 7.17. The van der Waals surface area contributed by atoms with Crippen molar-refractivity contribution in [1.29, 1.82) is 0 Å². The molecular weight excluding hydrogens is 185 g/mol. The number of carbonyl (C=O) groups is 1. The van der Waals surface area contributed by atoms with Crippen molar-refractivity contribution >= 4 is 19.4 Å². The number of hydrogen-bond donors (Lipinski definition) is 0. The second-order valence-corrected chi connectivity index (χ2v) is 2.49. The Morgan fingerprint density at radius 1 is 1.50 bits per heavy atom. The minimum atomic E-state index is -0.955. The van der Waals surface area contributed by atoms with E-state index in [1.54, 1.807) is 6.07 Å². The molecule has 0 saturated heterocycles. The Hall–Kier alpha value is -1.85. The predicted molar refractivity (Wildman–Crippen MR) is 49.0 cm³/mol. The molecule has 2 radical (unpaired) electrons. The molecule has 70 valence electrons. The van der Waals surface area contributed by atoms with Gasteiger partial charge in [0, 0.05) is 6.07 Å². The van der Waals surface area contributed by atoms with Crippen LogP contribution < -0.4 is 0 Å². The van der Waals surface area contributed by atoms with Crippen molar-refractivity contribution in [3.05, 3.63) is 39.9 Å². The summed E-state index contributed by atoms with van der Waals surface area (Å²) in [5, 5.41) is 10.5. The van der Waals surface area contributed by atoms with Gasteiger partial charge in [-0.2, -0.15) is 0 Å². The Kier molecular flexibility index (Phi) is 3.22. The lowest BCUT2D eigenvalue weighted by Crippen LogP contribution is -2.03. The molecule has 0 spiro atoms. The van der Waals surface area contributed by atoms with Gasteiger partial charge >= 0.3 is 0 Å². The lowest BCUT2D eigenvalue weighted by Gasteiger charge is -2.02. The summed E-state index contributed by atoms with van der Waals surface area (Å²) in [4.78, 5) is 20.2. The van der Waals surface area contributed by atoms with E-state index in [-0.39, 0.29) is 12.3 Å². The van der Waals surface area contributed by atoms with Crippen LogP contribution in [0.15, 0.2) is 24.3 Å². The van der Waals surface area contributed by atoms with Crippen LogP contribution in [-0.4, -0.2) is 18.6 Å². The molecule has 0 aliphatic carbocycles. The highest BCUT2D eigenvalue weighted by atomic mass is 16.6. The van der Waals surface area contributed by atoms with Gasteiger partial charge in [0.15, 0.2) is 0 Å². The van der Waals surface area contributed by atoms with E-state index in [9.17, 15) is 14.9 Å². The molecule has 0 fully saturated rings. The van der Waals surface area contributed by atoms with Crippen LogP contribution in [0.4, 0.5) is 10.5 Å². The summed E-state index contributed by atoms with van der Waals surface area (Å²) >= 11 is 0. The van der Waals surface area contributed by atoms with E-state index < -0.39 is 10.8 Å². The molecule has 0 N–H and O–H groups in total. The van der Waals surface area contributed by atoms with Crippen molar-refractivity contribution in [2.75, 3.05) is 0 Å². The minimum Gasteiger partial charge on any atom is -0.470 e. The molecule has 0 unspecified atom stereocenters. The summed E-state index contributed by atoms with van der Waals surface area (Å²) < 4.78 is 4.45.